The van der Waals surface area contributed by atoms with Crippen LogP contribution >= 0.6 is 11.3 Å². The van der Waals surface area contributed by atoms with Gasteiger partial charge in [0.25, 0.3) is 0 Å². The Bertz CT molecular complexity index is 554. The van der Waals surface area contributed by atoms with Crippen molar-refractivity contribution in [3.63, 3.8) is 0 Å². The summed E-state index contributed by atoms with van der Waals surface area (Å²) >= 11 is 1.46. The maximum Gasteiger partial charge on any atom is 0.357 e. The number of aromatic nitrogens is 1. The Kier molecular flexibility index (Phi) is 5.12. The molecule has 0 unspecified atom stereocenters. The Morgan fingerprint density at radius 1 is 1.35 bits per heavy atom. The van der Waals surface area contributed by atoms with Gasteiger partial charge < -0.3 is 9.64 Å². The third kappa shape index (κ3) is 3.36. The molecule has 2 aromatic rings. The van der Waals surface area contributed by atoms with Crippen LogP contribution in [0.4, 0.5) is 10.8 Å². The summed E-state index contributed by atoms with van der Waals surface area (Å²) in [6.07, 6.45) is 2.18. The van der Waals surface area contributed by atoms with Crippen LogP contribution in [0.5, 0.6) is 0 Å². The monoisotopic (exact) mass is 290 g/mol. The molecule has 0 fully saturated rings. The molecule has 2 rings (SSSR count). The summed E-state index contributed by atoms with van der Waals surface area (Å²) in [5.41, 5.74) is 1.46. The molecular weight excluding hydrogens is 272 g/mol. The molecule has 0 bridgehead atoms. The minimum absolute atomic E-state index is 0.366. The van der Waals surface area contributed by atoms with E-state index in [4.69, 9.17) is 4.74 Å². The van der Waals surface area contributed by atoms with Gasteiger partial charge in [-0.05, 0) is 18.6 Å². The first-order valence-corrected chi connectivity index (χ1v) is 7.50. The van der Waals surface area contributed by atoms with E-state index in [2.05, 4.69) is 28.9 Å². The van der Waals surface area contributed by atoms with Crippen molar-refractivity contribution in [3.8, 4) is 0 Å². The van der Waals surface area contributed by atoms with Gasteiger partial charge in [0.05, 0.1) is 7.11 Å². The fraction of sp³-hybridized carbons (Fsp3) is 0.333. The van der Waals surface area contributed by atoms with Crippen molar-refractivity contribution in [3.05, 3.63) is 41.4 Å². The topological polar surface area (TPSA) is 42.4 Å². The summed E-state index contributed by atoms with van der Waals surface area (Å²) in [5, 5.41) is 2.56. The number of para-hydroxylation sites is 1. The maximum absolute atomic E-state index is 11.5. The number of hydrogen-bond donors (Lipinski definition) is 0. The SMILES string of the molecule is CCCCN(c1ccccc1)c1nc(C(=O)OC)cs1. The van der Waals surface area contributed by atoms with Crippen LogP contribution in [-0.4, -0.2) is 24.6 Å². The lowest BCUT2D eigenvalue weighted by atomic mass is 10.2. The van der Waals surface area contributed by atoms with Gasteiger partial charge in [-0.2, -0.15) is 0 Å². The molecule has 4 nitrogen and oxygen atoms in total. The van der Waals surface area contributed by atoms with E-state index in [1.807, 2.05) is 18.2 Å². The summed E-state index contributed by atoms with van der Waals surface area (Å²) in [6, 6.07) is 10.1. The zero-order valence-electron chi connectivity index (χ0n) is 11.7. The summed E-state index contributed by atoms with van der Waals surface area (Å²) < 4.78 is 4.70. The smallest absolute Gasteiger partial charge is 0.357 e. The first-order valence-electron chi connectivity index (χ1n) is 6.62. The maximum atomic E-state index is 11.5. The third-order valence-corrected chi connectivity index (χ3v) is 3.78. The van der Waals surface area contributed by atoms with Gasteiger partial charge in [0, 0.05) is 17.6 Å². The number of carbonyl (C=O) groups is 1. The molecule has 1 aromatic heterocycles. The van der Waals surface area contributed by atoms with E-state index in [0.29, 0.717) is 5.69 Å². The highest BCUT2D eigenvalue weighted by molar-refractivity contribution is 7.14. The number of ether oxygens (including phenoxy) is 1. The minimum atomic E-state index is -0.393. The van der Waals surface area contributed by atoms with Crippen molar-refractivity contribution in [1.29, 1.82) is 0 Å². The molecule has 0 saturated heterocycles. The molecule has 0 spiro atoms. The molecule has 0 aliphatic rings. The highest BCUT2D eigenvalue weighted by Crippen LogP contribution is 2.29. The lowest BCUT2D eigenvalue weighted by molar-refractivity contribution is 0.0595. The van der Waals surface area contributed by atoms with Gasteiger partial charge in [-0.1, -0.05) is 31.5 Å². The van der Waals surface area contributed by atoms with Gasteiger partial charge in [0.2, 0.25) is 0 Å². The fourth-order valence-electron chi connectivity index (χ4n) is 1.85. The minimum Gasteiger partial charge on any atom is -0.464 e. The fourth-order valence-corrected chi connectivity index (χ4v) is 2.69. The predicted molar refractivity (Wildman–Crippen MR) is 81.8 cm³/mol. The van der Waals surface area contributed by atoms with E-state index >= 15 is 0 Å². The Morgan fingerprint density at radius 3 is 2.75 bits per heavy atom. The first-order chi connectivity index (χ1) is 9.76. The second-order valence-corrected chi connectivity index (χ2v) is 5.18. The van der Waals surface area contributed by atoms with Crippen molar-refractivity contribution in [2.45, 2.75) is 19.8 Å². The zero-order chi connectivity index (χ0) is 14.4. The van der Waals surface area contributed by atoms with Gasteiger partial charge >= 0.3 is 5.97 Å². The summed E-state index contributed by atoms with van der Waals surface area (Å²) in [6.45, 7) is 3.04. The Hall–Kier alpha value is -1.88. The molecule has 1 aromatic carbocycles. The summed E-state index contributed by atoms with van der Waals surface area (Å²) in [5.74, 6) is -0.393. The molecule has 0 N–H and O–H groups in total. The van der Waals surface area contributed by atoms with Crippen LogP contribution in [0.1, 0.15) is 30.3 Å². The lowest BCUT2D eigenvalue weighted by Crippen LogP contribution is -2.18. The number of anilines is 2. The Morgan fingerprint density at radius 2 is 2.10 bits per heavy atom. The number of esters is 1. The lowest BCUT2D eigenvalue weighted by Gasteiger charge is -2.21. The standard InChI is InChI=1S/C15H18N2O2S/c1-3-4-10-17(12-8-6-5-7-9-12)15-16-13(11-20-15)14(18)19-2/h5-9,11H,3-4,10H2,1-2H3. The van der Waals surface area contributed by atoms with E-state index in [0.717, 1.165) is 30.2 Å². The predicted octanol–water partition coefficient (Wildman–Crippen LogP) is 3.87. The van der Waals surface area contributed by atoms with Gasteiger partial charge in [-0.3, -0.25) is 0 Å². The van der Waals surface area contributed by atoms with Gasteiger partial charge in [0.15, 0.2) is 10.8 Å². The third-order valence-electron chi connectivity index (χ3n) is 2.92. The highest BCUT2D eigenvalue weighted by atomic mass is 32.1. The van der Waals surface area contributed by atoms with Crippen LogP contribution < -0.4 is 4.90 Å². The van der Waals surface area contributed by atoms with Gasteiger partial charge in [0.1, 0.15) is 0 Å². The summed E-state index contributed by atoms with van der Waals surface area (Å²) in [7, 11) is 1.37. The van der Waals surface area contributed by atoms with Crippen LogP contribution in [0.25, 0.3) is 0 Å². The van der Waals surface area contributed by atoms with Crippen LogP contribution in [0.2, 0.25) is 0 Å². The van der Waals surface area contributed by atoms with E-state index < -0.39 is 5.97 Å². The van der Waals surface area contributed by atoms with E-state index in [9.17, 15) is 4.79 Å². The molecule has 0 aliphatic heterocycles. The number of hydrogen-bond acceptors (Lipinski definition) is 5. The Balaban J connectivity index is 2.27. The second-order valence-electron chi connectivity index (χ2n) is 4.35. The Labute approximate surface area is 123 Å². The van der Waals surface area contributed by atoms with Crippen LogP contribution in [0, 0.1) is 0 Å². The van der Waals surface area contributed by atoms with Crippen LogP contribution in [0.3, 0.4) is 0 Å². The van der Waals surface area contributed by atoms with Crippen molar-refractivity contribution < 1.29 is 9.53 Å². The van der Waals surface area contributed by atoms with Crippen molar-refractivity contribution >= 4 is 28.1 Å². The van der Waals surface area contributed by atoms with Crippen molar-refractivity contribution in [2.24, 2.45) is 0 Å². The second kappa shape index (κ2) is 7.05. The average molecular weight is 290 g/mol. The molecule has 0 radical (unpaired) electrons. The number of rotatable bonds is 6. The number of nitrogens with zero attached hydrogens (tertiary/aromatic N) is 2. The number of methoxy groups -OCH3 is 1. The van der Waals surface area contributed by atoms with Crippen molar-refractivity contribution in [2.75, 3.05) is 18.6 Å². The van der Waals surface area contributed by atoms with Crippen LogP contribution in [0.15, 0.2) is 35.7 Å². The number of unbranched alkanes of at least 4 members (excludes halogenated alkanes) is 1. The normalized spacial score (nSPS) is 10.3. The molecular formula is C15H18N2O2S. The molecule has 5 heteroatoms. The molecule has 20 heavy (non-hydrogen) atoms. The quantitative estimate of drug-likeness (QED) is 0.757. The molecule has 106 valence electrons. The zero-order valence-corrected chi connectivity index (χ0v) is 12.5. The van der Waals surface area contributed by atoms with Gasteiger partial charge in [-0.25, -0.2) is 9.78 Å². The average Bonchev–Trinajstić information content (AvgIpc) is 2.98. The first kappa shape index (κ1) is 14.5. The molecule has 0 aliphatic carbocycles. The van der Waals surface area contributed by atoms with E-state index in [1.54, 1.807) is 5.38 Å². The largest absolute Gasteiger partial charge is 0.464 e. The van der Waals surface area contributed by atoms with E-state index in [1.165, 1.54) is 18.4 Å². The van der Waals surface area contributed by atoms with Gasteiger partial charge in [-0.15, -0.1) is 11.3 Å². The van der Waals surface area contributed by atoms with Crippen molar-refractivity contribution in [1.82, 2.24) is 4.98 Å². The number of carbonyl (C=O) groups excluding carboxylic acids is 1. The highest BCUT2D eigenvalue weighted by Gasteiger charge is 2.16. The number of thiazole rings is 1. The number of benzene rings is 1. The van der Waals surface area contributed by atoms with Crippen LogP contribution in [-0.2, 0) is 4.74 Å². The molecule has 0 saturated carbocycles. The molecule has 0 atom stereocenters. The van der Waals surface area contributed by atoms with E-state index in [-0.39, 0.29) is 0 Å². The molecule has 0 amide bonds. The molecule has 1 heterocycles. The summed E-state index contributed by atoms with van der Waals surface area (Å²) in [4.78, 5) is 18.0.